The van der Waals surface area contributed by atoms with E-state index in [4.69, 9.17) is 4.74 Å². The molecule has 1 aliphatic carbocycles. The van der Waals surface area contributed by atoms with E-state index in [1.807, 2.05) is 0 Å². The lowest BCUT2D eigenvalue weighted by molar-refractivity contribution is 0.210. The lowest BCUT2D eigenvalue weighted by Crippen LogP contribution is -2.10. The minimum Gasteiger partial charge on any atom is -0.490 e. The minimum absolute atomic E-state index is 0.427. The van der Waals surface area contributed by atoms with Gasteiger partial charge in [0.1, 0.15) is 5.75 Å². The van der Waals surface area contributed by atoms with E-state index in [-0.39, 0.29) is 0 Å². The van der Waals surface area contributed by atoms with E-state index >= 15 is 0 Å². The van der Waals surface area contributed by atoms with Gasteiger partial charge in [0.25, 0.3) is 0 Å². The molecule has 2 nitrogen and oxygen atoms in total. The van der Waals surface area contributed by atoms with E-state index in [0.717, 1.165) is 18.0 Å². The molecule has 1 fully saturated rings. The molecule has 110 valence electrons. The quantitative estimate of drug-likeness (QED) is 0.839. The first-order valence-electron chi connectivity index (χ1n) is 7.86. The summed E-state index contributed by atoms with van der Waals surface area (Å²) in [6.07, 6.45) is 5.44. The molecule has 0 spiro atoms. The number of benzene rings is 2. The second kappa shape index (κ2) is 6.66. The second-order valence-corrected chi connectivity index (χ2v) is 5.83. The van der Waals surface area contributed by atoms with E-state index in [1.165, 1.54) is 36.8 Å². The summed E-state index contributed by atoms with van der Waals surface area (Å²) >= 11 is 0. The molecule has 2 aromatic rings. The molecule has 1 N–H and O–H groups in total. The number of aryl methyl sites for hydroxylation is 1. The van der Waals surface area contributed by atoms with Crippen LogP contribution in [-0.4, -0.2) is 6.10 Å². The van der Waals surface area contributed by atoms with Gasteiger partial charge in [0.15, 0.2) is 0 Å². The fourth-order valence-corrected chi connectivity index (χ4v) is 2.86. The molecule has 0 bridgehead atoms. The van der Waals surface area contributed by atoms with Crippen molar-refractivity contribution in [2.45, 2.75) is 45.3 Å². The van der Waals surface area contributed by atoms with Crippen molar-refractivity contribution < 1.29 is 4.74 Å². The Morgan fingerprint density at radius 3 is 2.43 bits per heavy atom. The zero-order valence-corrected chi connectivity index (χ0v) is 12.6. The molecule has 0 amide bonds. The summed E-state index contributed by atoms with van der Waals surface area (Å²) in [6.45, 7) is 3.01. The predicted molar refractivity (Wildman–Crippen MR) is 87.8 cm³/mol. The highest BCUT2D eigenvalue weighted by atomic mass is 16.5. The molecule has 0 unspecified atom stereocenters. The van der Waals surface area contributed by atoms with Crippen LogP contribution in [0.4, 0.5) is 5.69 Å². The first kappa shape index (κ1) is 14.0. The number of rotatable bonds is 5. The maximum Gasteiger partial charge on any atom is 0.119 e. The predicted octanol–water partition coefficient (Wildman–Crippen LogP) is 4.93. The summed E-state index contributed by atoms with van der Waals surface area (Å²) in [5.41, 5.74) is 3.80. The number of nitrogens with one attached hydrogen (secondary N) is 1. The Hall–Kier alpha value is -1.96. The van der Waals surface area contributed by atoms with Crippen molar-refractivity contribution in [2.75, 3.05) is 5.32 Å². The van der Waals surface area contributed by atoms with Gasteiger partial charge in [0, 0.05) is 12.2 Å². The van der Waals surface area contributed by atoms with Crippen molar-refractivity contribution in [3.63, 3.8) is 0 Å². The third kappa shape index (κ3) is 3.78. The Morgan fingerprint density at radius 1 is 1.00 bits per heavy atom. The van der Waals surface area contributed by atoms with Gasteiger partial charge in [-0.2, -0.15) is 0 Å². The molecule has 0 heterocycles. The molecule has 2 heteroatoms. The molecule has 1 aliphatic rings. The summed E-state index contributed by atoms with van der Waals surface area (Å²) in [5.74, 6) is 0.989. The van der Waals surface area contributed by atoms with E-state index < -0.39 is 0 Å². The largest absolute Gasteiger partial charge is 0.490 e. The zero-order chi connectivity index (χ0) is 14.5. The number of hydrogen-bond acceptors (Lipinski definition) is 2. The highest BCUT2D eigenvalue weighted by Crippen LogP contribution is 2.25. The van der Waals surface area contributed by atoms with Crippen molar-refractivity contribution in [1.29, 1.82) is 0 Å². The van der Waals surface area contributed by atoms with Gasteiger partial charge >= 0.3 is 0 Å². The van der Waals surface area contributed by atoms with Gasteiger partial charge in [0.2, 0.25) is 0 Å². The Bertz CT molecular complexity index is 570. The van der Waals surface area contributed by atoms with Crippen LogP contribution in [0.25, 0.3) is 0 Å². The lowest BCUT2D eigenvalue weighted by atomic mass is 10.1. The molecule has 3 rings (SSSR count). The Balaban J connectivity index is 1.55. The molecule has 2 aromatic carbocycles. The van der Waals surface area contributed by atoms with Crippen LogP contribution in [-0.2, 0) is 6.54 Å². The Kier molecular flexibility index (Phi) is 4.44. The molecule has 0 aliphatic heterocycles. The fourth-order valence-electron chi connectivity index (χ4n) is 2.86. The monoisotopic (exact) mass is 281 g/mol. The highest BCUT2D eigenvalue weighted by Gasteiger charge is 2.16. The third-order valence-corrected chi connectivity index (χ3v) is 4.20. The van der Waals surface area contributed by atoms with Crippen molar-refractivity contribution >= 4 is 5.69 Å². The van der Waals surface area contributed by atoms with E-state index in [2.05, 4.69) is 60.8 Å². The van der Waals surface area contributed by atoms with Crippen molar-refractivity contribution in [3.05, 3.63) is 59.7 Å². The van der Waals surface area contributed by atoms with Gasteiger partial charge < -0.3 is 10.1 Å². The van der Waals surface area contributed by atoms with Crippen LogP contribution in [0.3, 0.4) is 0 Å². The SMILES string of the molecule is Cc1ccccc1CNc1ccc(OC2CCCC2)cc1. The average molecular weight is 281 g/mol. The highest BCUT2D eigenvalue weighted by molar-refractivity contribution is 5.47. The number of hydrogen-bond donors (Lipinski definition) is 1. The van der Waals surface area contributed by atoms with Crippen molar-refractivity contribution in [2.24, 2.45) is 0 Å². The molecule has 1 saturated carbocycles. The normalized spacial score (nSPS) is 15.1. The molecule has 0 atom stereocenters. The van der Waals surface area contributed by atoms with Gasteiger partial charge in [-0.15, -0.1) is 0 Å². The molecule has 0 saturated heterocycles. The summed E-state index contributed by atoms with van der Waals surface area (Å²) in [4.78, 5) is 0. The van der Waals surface area contributed by atoms with Crippen LogP contribution in [0.1, 0.15) is 36.8 Å². The summed E-state index contributed by atoms with van der Waals surface area (Å²) in [6, 6.07) is 16.8. The van der Waals surface area contributed by atoms with Crippen LogP contribution in [0.2, 0.25) is 0 Å². The number of anilines is 1. The van der Waals surface area contributed by atoms with Crippen LogP contribution >= 0.6 is 0 Å². The van der Waals surface area contributed by atoms with Gasteiger partial charge in [-0.25, -0.2) is 0 Å². The maximum atomic E-state index is 5.98. The topological polar surface area (TPSA) is 21.3 Å². The molecule has 21 heavy (non-hydrogen) atoms. The van der Waals surface area contributed by atoms with Gasteiger partial charge in [-0.1, -0.05) is 24.3 Å². The Morgan fingerprint density at radius 2 is 1.71 bits per heavy atom. The van der Waals surface area contributed by atoms with Gasteiger partial charge in [-0.3, -0.25) is 0 Å². The summed E-state index contributed by atoms with van der Waals surface area (Å²) < 4.78 is 5.98. The maximum absolute atomic E-state index is 5.98. The molecular formula is C19H23NO. The second-order valence-electron chi connectivity index (χ2n) is 5.83. The molecule has 0 aromatic heterocycles. The standard InChI is InChI=1S/C19H23NO/c1-15-6-2-3-7-16(15)14-20-17-10-12-19(13-11-17)21-18-8-4-5-9-18/h2-3,6-7,10-13,18,20H,4-5,8-9,14H2,1H3. The fraction of sp³-hybridized carbons (Fsp3) is 0.368. The van der Waals surface area contributed by atoms with Crippen molar-refractivity contribution in [3.8, 4) is 5.75 Å². The summed E-state index contributed by atoms with van der Waals surface area (Å²) in [5, 5.41) is 3.47. The first-order chi connectivity index (χ1) is 10.3. The van der Waals surface area contributed by atoms with Crippen LogP contribution in [0.15, 0.2) is 48.5 Å². The van der Waals surface area contributed by atoms with Crippen LogP contribution < -0.4 is 10.1 Å². The number of ether oxygens (including phenoxy) is 1. The summed E-state index contributed by atoms with van der Waals surface area (Å²) in [7, 11) is 0. The molecule has 0 radical (unpaired) electrons. The van der Waals surface area contributed by atoms with E-state index in [9.17, 15) is 0 Å². The van der Waals surface area contributed by atoms with Crippen molar-refractivity contribution in [1.82, 2.24) is 0 Å². The lowest BCUT2D eigenvalue weighted by Gasteiger charge is -2.14. The zero-order valence-electron chi connectivity index (χ0n) is 12.6. The minimum atomic E-state index is 0.427. The first-order valence-corrected chi connectivity index (χ1v) is 7.86. The Labute approximate surface area is 127 Å². The van der Waals surface area contributed by atoms with Gasteiger partial charge in [0.05, 0.1) is 6.10 Å². The van der Waals surface area contributed by atoms with Crippen LogP contribution in [0, 0.1) is 6.92 Å². The van der Waals surface area contributed by atoms with E-state index in [1.54, 1.807) is 0 Å². The van der Waals surface area contributed by atoms with Gasteiger partial charge in [-0.05, 0) is 68.0 Å². The smallest absolute Gasteiger partial charge is 0.119 e. The van der Waals surface area contributed by atoms with E-state index in [0.29, 0.717) is 6.10 Å². The molecular weight excluding hydrogens is 258 g/mol. The van der Waals surface area contributed by atoms with Crippen LogP contribution in [0.5, 0.6) is 5.75 Å². The third-order valence-electron chi connectivity index (χ3n) is 4.20. The average Bonchev–Trinajstić information content (AvgIpc) is 3.01.